The summed E-state index contributed by atoms with van der Waals surface area (Å²) in [6.45, 7) is 3.53. The molecule has 0 saturated carbocycles. The van der Waals surface area contributed by atoms with Gasteiger partial charge in [-0.15, -0.1) is 0 Å². The molecule has 4 rings (SSSR count). The minimum atomic E-state index is -0.209. The van der Waals surface area contributed by atoms with E-state index < -0.39 is 0 Å². The van der Waals surface area contributed by atoms with Crippen molar-refractivity contribution in [2.45, 2.75) is 13.5 Å². The Kier molecular flexibility index (Phi) is 6.03. The Balaban J connectivity index is 1.31. The van der Waals surface area contributed by atoms with Crippen LogP contribution in [0, 0.1) is 0 Å². The molecule has 31 heavy (non-hydrogen) atoms. The van der Waals surface area contributed by atoms with Gasteiger partial charge >= 0.3 is 0 Å². The van der Waals surface area contributed by atoms with Gasteiger partial charge in [0.25, 0.3) is 0 Å². The normalized spacial score (nSPS) is 11.8. The Morgan fingerprint density at radius 3 is 2.13 bits per heavy atom. The number of fused-ring (bicyclic) bond motifs is 3. The van der Waals surface area contributed by atoms with Crippen molar-refractivity contribution in [3.8, 4) is 11.5 Å². The van der Waals surface area contributed by atoms with E-state index in [1.165, 1.54) is 40.2 Å². The molecular formula is C24H23N3O4. The van der Waals surface area contributed by atoms with Gasteiger partial charge in [0, 0.05) is 28.4 Å². The number of benzene rings is 3. The Morgan fingerprint density at radius 1 is 0.774 bits per heavy atom. The van der Waals surface area contributed by atoms with Gasteiger partial charge < -0.3 is 24.5 Å². The van der Waals surface area contributed by atoms with Crippen molar-refractivity contribution in [2.24, 2.45) is 10.3 Å². The van der Waals surface area contributed by atoms with E-state index in [0.717, 1.165) is 12.1 Å². The maximum Gasteiger partial charge on any atom is 0.158 e. The predicted molar refractivity (Wildman–Crippen MR) is 122 cm³/mol. The largest absolute Gasteiger partial charge is 0.504 e. The molecule has 0 radical (unpaired) electrons. The summed E-state index contributed by atoms with van der Waals surface area (Å²) in [5, 5.41) is 28.9. The fourth-order valence-electron chi connectivity index (χ4n) is 3.49. The number of aromatic nitrogens is 1. The Bertz CT molecular complexity index is 1260. The zero-order valence-corrected chi connectivity index (χ0v) is 17.1. The molecule has 7 heteroatoms. The number of nitrogens with zero attached hydrogens (tertiary/aromatic N) is 3. The Hall–Kier alpha value is -4.00. The van der Waals surface area contributed by atoms with E-state index in [1.54, 1.807) is 12.3 Å². The molecular weight excluding hydrogens is 394 g/mol. The molecule has 158 valence electrons. The lowest BCUT2D eigenvalue weighted by atomic mass is 10.1. The highest BCUT2D eigenvalue weighted by Crippen LogP contribution is 2.29. The number of oxime groups is 2. The van der Waals surface area contributed by atoms with Crippen molar-refractivity contribution < 1.29 is 19.9 Å². The van der Waals surface area contributed by atoms with Gasteiger partial charge in [0.05, 0.1) is 12.4 Å². The van der Waals surface area contributed by atoms with Gasteiger partial charge in [-0.1, -0.05) is 34.6 Å². The maximum atomic E-state index is 9.43. The van der Waals surface area contributed by atoms with Gasteiger partial charge in [-0.05, 0) is 54.4 Å². The van der Waals surface area contributed by atoms with E-state index in [-0.39, 0.29) is 24.7 Å². The maximum absolute atomic E-state index is 9.43. The second-order valence-corrected chi connectivity index (χ2v) is 6.92. The van der Waals surface area contributed by atoms with E-state index in [1.807, 2.05) is 6.07 Å². The highest BCUT2D eigenvalue weighted by atomic mass is 16.7. The van der Waals surface area contributed by atoms with Gasteiger partial charge in [-0.25, -0.2) is 0 Å². The molecule has 0 fully saturated rings. The molecule has 0 saturated heterocycles. The third kappa shape index (κ3) is 4.45. The van der Waals surface area contributed by atoms with Crippen LogP contribution < -0.4 is 0 Å². The highest BCUT2D eigenvalue weighted by Gasteiger charge is 2.09. The molecule has 0 unspecified atom stereocenters. The average molecular weight is 417 g/mol. The SMILES string of the molecule is CCn1c2ccccc2c2cc(/C=N\OCCO/N=C\c3ccc(O)c(O)c3)ccc21. The zero-order valence-electron chi connectivity index (χ0n) is 17.1. The number of phenols is 2. The number of hydrogen-bond donors (Lipinski definition) is 2. The van der Waals surface area contributed by atoms with E-state index in [0.29, 0.717) is 5.56 Å². The van der Waals surface area contributed by atoms with Crippen molar-refractivity contribution in [3.05, 3.63) is 71.8 Å². The molecule has 4 aromatic rings. The highest BCUT2D eigenvalue weighted by molar-refractivity contribution is 6.09. The molecule has 0 aliphatic heterocycles. The monoisotopic (exact) mass is 417 g/mol. The number of phenolic OH excluding ortho intramolecular Hbond substituents is 2. The Labute approximate surface area is 179 Å². The topological polar surface area (TPSA) is 88.6 Å². The van der Waals surface area contributed by atoms with Gasteiger partial charge in [0.2, 0.25) is 0 Å². The molecule has 1 heterocycles. The molecule has 7 nitrogen and oxygen atoms in total. The van der Waals surface area contributed by atoms with Crippen LogP contribution in [0.1, 0.15) is 18.1 Å². The lowest BCUT2D eigenvalue weighted by Gasteiger charge is -2.02. The van der Waals surface area contributed by atoms with Gasteiger partial charge in [0.1, 0.15) is 0 Å². The van der Waals surface area contributed by atoms with Crippen molar-refractivity contribution in [1.29, 1.82) is 0 Å². The van der Waals surface area contributed by atoms with Gasteiger partial charge in [-0.2, -0.15) is 0 Å². The summed E-state index contributed by atoms with van der Waals surface area (Å²) in [6.07, 6.45) is 3.12. The fourth-order valence-corrected chi connectivity index (χ4v) is 3.49. The van der Waals surface area contributed by atoms with Crippen LogP contribution in [0.4, 0.5) is 0 Å². The standard InChI is InChI=1S/C24H23N3O4/c1-2-27-21-6-4-3-5-19(21)20-13-17(7-9-22(20)27)15-25-30-11-12-31-26-16-18-8-10-23(28)24(29)14-18/h3-10,13-16,28-29H,2,11-12H2,1H3/b25-15-,26-16-. The van der Waals surface area contributed by atoms with Crippen LogP contribution in [0.3, 0.4) is 0 Å². The zero-order chi connectivity index (χ0) is 21.6. The molecule has 0 amide bonds. The third-order valence-electron chi connectivity index (χ3n) is 4.93. The first-order valence-corrected chi connectivity index (χ1v) is 10.0. The fraction of sp³-hybridized carbons (Fsp3) is 0.167. The summed E-state index contributed by atoms with van der Waals surface area (Å²) >= 11 is 0. The van der Waals surface area contributed by atoms with Crippen molar-refractivity contribution in [2.75, 3.05) is 13.2 Å². The van der Waals surface area contributed by atoms with Crippen LogP contribution in [-0.2, 0) is 16.2 Å². The minimum absolute atomic E-state index is 0.181. The summed E-state index contributed by atoms with van der Waals surface area (Å²) in [5.41, 5.74) is 3.99. The summed E-state index contributed by atoms with van der Waals surface area (Å²) in [7, 11) is 0. The van der Waals surface area contributed by atoms with E-state index >= 15 is 0 Å². The summed E-state index contributed by atoms with van der Waals surface area (Å²) < 4.78 is 2.31. The first-order valence-electron chi connectivity index (χ1n) is 10.0. The van der Waals surface area contributed by atoms with E-state index in [9.17, 15) is 10.2 Å². The number of aromatic hydroxyl groups is 2. The summed E-state index contributed by atoms with van der Waals surface area (Å²) in [4.78, 5) is 10.3. The molecule has 0 aliphatic rings. The van der Waals surface area contributed by atoms with Crippen LogP contribution in [-0.4, -0.2) is 40.4 Å². The molecule has 3 aromatic carbocycles. The molecule has 0 spiro atoms. The first kappa shape index (κ1) is 20.3. The quantitative estimate of drug-likeness (QED) is 0.189. The predicted octanol–water partition coefficient (Wildman–Crippen LogP) is 4.63. The van der Waals surface area contributed by atoms with Crippen LogP contribution in [0.15, 0.2) is 71.0 Å². The minimum Gasteiger partial charge on any atom is -0.504 e. The second-order valence-electron chi connectivity index (χ2n) is 6.92. The lowest BCUT2D eigenvalue weighted by molar-refractivity contribution is 0.0553. The summed E-state index contributed by atoms with van der Waals surface area (Å²) in [5.74, 6) is -0.390. The molecule has 1 aromatic heterocycles. The number of hydrogen-bond acceptors (Lipinski definition) is 6. The second kappa shape index (κ2) is 9.21. The average Bonchev–Trinajstić information content (AvgIpc) is 3.11. The van der Waals surface area contributed by atoms with E-state index in [4.69, 9.17) is 9.68 Å². The molecule has 0 atom stereocenters. The van der Waals surface area contributed by atoms with Crippen LogP contribution >= 0.6 is 0 Å². The van der Waals surface area contributed by atoms with Gasteiger partial charge in [-0.3, -0.25) is 0 Å². The molecule has 2 N–H and O–H groups in total. The van der Waals surface area contributed by atoms with Crippen LogP contribution in [0.5, 0.6) is 11.5 Å². The number of para-hydroxylation sites is 1. The van der Waals surface area contributed by atoms with Crippen LogP contribution in [0.2, 0.25) is 0 Å². The smallest absolute Gasteiger partial charge is 0.158 e. The van der Waals surface area contributed by atoms with Gasteiger partial charge in [0.15, 0.2) is 24.7 Å². The summed E-state index contributed by atoms with van der Waals surface area (Å²) in [6, 6.07) is 19.0. The first-order chi connectivity index (χ1) is 15.2. The Morgan fingerprint density at radius 2 is 1.42 bits per heavy atom. The molecule has 0 bridgehead atoms. The van der Waals surface area contributed by atoms with Crippen LogP contribution in [0.25, 0.3) is 21.8 Å². The third-order valence-corrected chi connectivity index (χ3v) is 4.93. The number of aryl methyl sites for hydroxylation is 1. The van der Waals surface area contributed by atoms with Crippen molar-refractivity contribution in [1.82, 2.24) is 4.57 Å². The van der Waals surface area contributed by atoms with Crippen molar-refractivity contribution in [3.63, 3.8) is 0 Å². The van der Waals surface area contributed by atoms with E-state index in [2.05, 4.69) is 58.2 Å². The van der Waals surface area contributed by atoms with Crippen molar-refractivity contribution >= 4 is 34.2 Å². The number of rotatable bonds is 8. The molecule has 0 aliphatic carbocycles. The lowest BCUT2D eigenvalue weighted by Crippen LogP contribution is -1.98.